The molecule has 4 aromatic rings. The number of rotatable bonds is 6. The maximum atomic E-state index is 15.3. The predicted molar refractivity (Wildman–Crippen MR) is 133 cm³/mol. The Kier molecular flexibility index (Phi) is 4.95. The molecular weight excluding hydrogens is 475 g/mol. The molecule has 4 fully saturated rings. The number of H-pyrrole nitrogens is 1. The lowest BCUT2D eigenvalue weighted by Crippen LogP contribution is -2.68. The van der Waals surface area contributed by atoms with Gasteiger partial charge in [-0.15, -0.1) is 0 Å². The van der Waals surface area contributed by atoms with E-state index in [0.717, 1.165) is 42.2 Å². The molecule has 2 bridgehead atoms. The molecule has 0 radical (unpaired) electrons. The van der Waals surface area contributed by atoms with Crippen LogP contribution in [0.5, 0.6) is 0 Å². The van der Waals surface area contributed by atoms with E-state index in [1.54, 1.807) is 12.3 Å². The molecule has 0 saturated heterocycles. The zero-order chi connectivity index (χ0) is 25.1. The Morgan fingerprint density at radius 2 is 2.05 bits per heavy atom. The number of hydrogen-bond donors (Lipinski definition) is 3. The van der Waals surface area contributed by atoms with Crippen molar-refractivity contribution in [3.05, 3.63) is 54.1 Å². The third kappa shape index (κ3) is 3.89. The van der Waals surface area contributed by atoms with Crippen molar-refractivity contribution in [2.24, 2.45) is 5.92 Å². The molecule has 1 amide bonds. The Morgan fingerprint density at radius 1 is 1.19 bits per heavy atom. The average Bonchev–Trinajstić information content (AvgIpc) is 3.55. The zero-order valence-corrected chi connectivity index (χ0v) is 20.3. The summed E-state index contributed by atoms with van der Waals surface area (Å²) in [6.45, 7) is 1.92. The van der Waals surface area contributed by atoms with Crippen LogP contribution in [0.1, 0.15) is 49.4 Å². The summed E-state index contributed by atoms with van der Waals surface area (Å²) in [6.07, 6.45) is 5.12. The number of aromatic nitrogens is 6. The highest BCUT2D eigenvalue weighted by molar-refractivity contribution is 5.69. The molecule has 10 nitrogen and oxygen atoms in total. The van der Waals surface area contributed by atoms with Crippen LogP contribution in [0, 0.1) is 12.8 Å². The molecule has 3 N–H and O–H groups in total. The normalized spacial score (nSPS) is 27.9. The first-order valence-electron chi connectivity index (χ1n) is 12.7. The van der Waals surface area contributed by atoms with E-state index in [4.69, 9.17) is 9.72 Å². The third-order valence-electron chi connectivity index (χ3n) is 7.90. The molecule has 0 aromatic carbocycles. The summed E-state index contributed by atoms with van der Waals surface area (Å²) in [4.78, 5) is 26.0. The summed E-state index contributed by atoms with van der Waals surface area (Å²) in [5.41, 5.74) is 3.54. The molecule has 0 aliphatic heterocycles. The number of imidazole rings is 1. The van der Waals surface area contributed by atoms with Gasteiger partial charge in [-0.25, -0.2) is 19.2 Å². The SMILES string of the molecule is Cc1cn2c(Nc3cc([C@H]4CC[C@@H](OC(=O)NC56CC(C5)C6)[C@H]4F)[nH]n3)nc(-c3ccccn3)cc2n1. The average molecular weight is 503 g/mol. The van der Waals surface area contributed by atoms with Crippen molar-refractivity contribution in [2.75, 3.05) is 5.32 Å². The second kappa shape index (κ2) is 8.25. The Morgan fingerprint density at radius 3 is 2.81 bits per heavy atom. The number of aromatic amines is 1. The zero-order valence-electron chi connectivity index (χ0n) is 20.3. The van der Waals surface area contributed by atoms with E-state index in [2.05, 4.69) is 30.8 Å². The lowest BCUT2D eigenvalue weighted by atomic mass is 9.50. The number of carbonyl (C=O) groups excluding carboxylic acids is 1. The van der Waals surface area contributed by atoms with E-state index in [1.807, 2.05) is 41.8 Å². The van der Waals surface area contributed by atoms with E-state index >= 15 is 4.39 Å². The Balaban J connectivity index is 1.07. The van der Waals surface area contributed by atoms with Crippen molar-refractivity contribution >= 4 is 23.5 Å². The minimum atomic E-state index is -1.30. The van der Waals surface area contributed by atoms with Crippen LogP contribution >= 0.6 is 0 Å². The lowest BCUT2D eigenvalue weighted by molar-refractivity contribution is -0.0532. The number of nitrogens with one attached hydrogen (secondary N) is 3. The second-order valence-corrected chi connectivity index (χ2v) is 10.6. The van der Waals surface area contributed by atoms with Gasteiger partial charge in [-0.3, -0.25) is 14.5 Å². The number of alkyl halides is 1. The van der Waals surface area contributed by atoms with Gasteiger partial charge >= 0.3 is 6.09 Å². The monoisotopic (exact) mass is 502 g/mol. The Bertz CT molecular complexity index is 1470. The molecule has 0 spiro atoms. The number of halogens is 1. The fourth-order valence-electron chi connectivity index (χ4n) is 5.94. The first-order chi connectivity index (χ1) is 17.9. The Hall–Kier alpha value is -4.02. The number of aryl methyl sites for hydroxylation is 1. The molecule has 37 heavy (non-hydrogen) atoms. The van der Waals surface area contributed by atoms with Gasteiger partial charge in [0.2, 0.25) is 5.95 Å². The van der Waals surface area contributed by atoms with Gasteiger partial charge in [0.15, 0.2) is 5.82 Å². The third-order valence-corrected chi connectivity index (χ3v) is 7.90. The molecule has 11 heteroatoms. The maximum Gasteiger partial charge on any atom is 0.407 e. The van der Waals surface area contributed by atoms with E-state index < -0.39 is 24.3 Å². The van der Waals surface area contributed by atoms with Crippen LogP contribution in [0.4, 0.5) is 21.0 Å². The van der Waals surface area contributed by atoms with Gasteiger partial charge in [0.1, 0.15) is 17.9 Å². The van der Waals surface area contributed by atoms with Gasteiger partial charge in [0, 0.05) is 41.7 Å². The lowest BCUT2D eigenvalue weighted by Gasteiger charge is -2.61. The highest BCUT2D eigenvalue weighted by Crippen LogP contribution is 2.57. The number of alkyl carbamates (subject to hydrolysis) is 1. The second-order valence-electron chi connectivity index (χ2n) is 10.6. The highest BCUT2D eigenvalue weighted by Gasteiger charge is 2.58. The van der Waals surface area contributed by atoms with Crippen LogP contribution < -0.4 is 10.6 Å². The standard InChI is InChI=1S/C26H27FN8O2/c1-14-13-35-22(29-14)9-19(17-4-2-3-7-28-17)30-24(35)31-21-8-18(33-34-21)16-5-6-20(23(16)27)37-25(36)32-26-10-15(11-26)12-26/h2-4,7-9,13,15-16,20,23H,5-6,10-12H2,1H3,(H,32,36)(H2,30,31,33,34)/t15?,16-,20-,23+,26?/m1/s1. The fraction of sp³-hybridized carbons (Fsp3) is 0.423. The van der Waals surface area contributed by atoms with Gasteiger partial charge in [0.25, 0.3) is 0 Å². The number of hydrogen-bond acceptors (Lipinski definition) is 7. The highest BCUT2D eigenvalue weighted by atomic mass is 19.1. The van der Waals surface area contributed by atoms with Crippen LogP contribution in [0.25, 0.3) is 17.0 Å². The van der Waals surface area contributed by atoms with Crippen LogP contribution in [0.3, 0.4) is 0 Å². The maximum absolute atomic E-state index is 15.3. The van der Waals surface area contributed by atoms with E-state index in [1.165, 1.54) is 0 Å². The number of pyridine rings is 1. The molecule has 4 saturated carbocycles. The van der Waals surface area contributed by atoms with Crippen molar-refractivity contribution in [1.29, 1.82) is 0 Å². The van der Waals surface area contributed by atoms with Crippen LogP contribution in [-0.4, -0.2) is 53.5 Å². The van der Waals surface area contributed by atoms with Crippen molar-refractivity contribution in [1.82, 2.24) is 34.9 Å². The molecule has 190 valence electrons. The molecule has 0 unspecified atom stereocenters. The molecule has 4 aliphatic rings. The minimum absolute atomic E-state index is 0.0867. The van der Waals surface area contributed by atoms with Crippen molar-refractivity contribution in [3.8, 4) is 11.4 Å². The van der Waals surface area contributed by atoms with Gasteiger partial charge in [-0.05, 0) is 57.1 Å². The van der Waals surface area contributed by atoms with Crippen molar-refractivity contribution in [3.63, 3.8) is 0 Å². The predicted octanol–water partition coefficient (Wildman–Crippen LogP) is 4.43. The van der Waals surface area contributed by atoms with E-state index in [9.17, 15) is 4.79 Å². The van der Waals surface area contributed by atoms with Crippen molar-refractivity contribution in [2.45, 2.75) is 62.8 Å². The first kappa shape index (κ1) is 22.2. The number of ether oxygens (including phenoxy) is 1. The summed E-state index contributed by atoms with van der Waals surface area (Å²) < 4.78 is 22.6. The molecule has 3 atom stereocenters. The molecule has 4 aliphatic carbocycles. The summed E-state index contributed by atoms with van der Waals surface area (Å²) >= 11 is 0. The smallest absolute Gasteiger partial charge is 0.407 e. The van der Waals surface area contributed by atoms with Crippen molar-refractivity contribution < 1.29 is 13.9 Å². The van der Waals surface area contributed by atoms with Crippen LogP contribution in [0.2, 0.25) is 0 Å². The van der Waals surface area contributed by atoms with Crippen LogP contribution in [-0.2, 0) is 4.74 Å². The number of anilines is 2. The number of fused-ring (bicyclic) bond motifs is 1. The summed E-state index contributed by atoms with van der Waals surface area (Å²) in [5, 5.41) is 13.5. The largest absolute Gasteiger partial charge is 0.443 e. The molecule has 4 heterocycles. The molecule has 8 rings (SSSR count). The summed E-state index contributed by atoms with van der Waals surface area (Å²) in [5.74, 6) is 1.34. The number of nitrogens with zero attached hydrogens (tertiary/aromatic N) is 5. The minimum Gasteiger partial charge on any atom is -0.443 e. The van der Waals surface area contributed by atoms with Gasteiger partial charge in [-0.1, -0.05) is 6.07 Å². The first-order valence-corrected chi connectivity index (χ1v) is 12.7. The van der Waals surface area contributed by atoms with Gasteiger partial charge < -0.3 is 15.4 Å². The van der Waals surface area contributed by atoms with Gasteiger partial charge in [0.05, 0.1) is 17.1 Å². The Labute approximate surface area is 212 Å². The van der Waals surface area contributed by atoms with E-state index in [-0.39, 0.29) is 5.54 Å². The number of amides is 1. The summed E-state index contributed by atoms with van der Waals surface area (Å²) in [6, 6.07) is 9.31. The van der Waals surface area contributed by atoms with Gasteiger partial charge in [-0.2, -0.15) is 5.10 Å². The fourth-order valence-corrected chi connectivity index (χ4v) is 5.94. The topological polar surface area (TPSA) is 122 Å². The van der Waals surface area contributed by atoms with Crippen LogP contribution in [0.15, 0.2) is 42.7 Å². The summed E-state index contributed by atoms with van der Waals surface area (Å²) in [7, 11) is 0. The number of carbonyl (C=O) groups is 1. The molecular formula is C26H27FN8O2. The van der Waals surface area contributed by atoms with E-state index in [0.29, 0.717) is 36.0 Å². The quantitative estimate of drug-likeness (QED) is 0.357. The molecule has 4 aromatic heterocycles.